The highest BCUT2D eigenvalue weighted by Crippen LogP contribution is 2.28. The molecule has 1 aliphatic rings. The highest BCUT2D eigenvalue weighted by atomic mass is 16.1. The van der Waals surface area contributed by atoms with Gasteiger partial charge in [0.25, 0.3) is 5.56 Å². The molecule has 3 heterocycles. The van der Waals surface area contributed by atoms with E-state index < -0.39 is 0 Å². The van der Waals surface area contributed by atoms with E-state index in [9.17, 15) is 4.79 Å². The van der Waals surface area contributed by atoms with Crippen LogP contribution in [0.2, 0.25) is 0 Å². The average molecular weight is 382 g/mol. The molecule has 4 aromatic rings. The van der Waals surface area contributed by atoms with Crippen LogP contribution in [0.4, 0.5) is 5.95 Å². The molecule has 0 saturated carbocycles. The first-order valence-electron chi connectivity index (χ1n) is 9.96. The number of pyridine rings is 1. The summed E-state index contributed by atoms with van der Waals surface area (Å²) >= 11 is 0. The molecule has 29 heavy (non-hydrogen) atoms. The molecule has 1 unspecified atom stereocenters. The van der Waals surface area contributed by atoms with Gasteiger partial charge >= 0.3 is 0 Å². The van der Waals surface area contributed by atoms with Crippen molar-refractivity contribution < 1.29 is 0 Å². The van der Waals surface area contributed by atoms with Crippen molar-refractivity contribution >= 4 is 16.7 Å². The lowest BCUT2D eigenvalue weighted by molar-refractivity contribution is 0.455. The second-order valence-electron chi connectivity index (χ2n) is 7.57. The Morgan fingerprint density at radius 2 is 1.83 bits per heavy atom. The standard InChI is InChI=1S/C24H22N4O/c1-17-11-14-27-23(29)15-22(19-9-12-25-13-10-19)26-24(27)28(17)16-20-7-4-6-18-5-2-3-8-21(18)20/h2-10,12-13,15,17H,11,14,16H2,1H3. The quantitative estimate of drug-likeness (QED) is 0.531. The molecule has 0 saturated heterocycles. The second-order valence-corrected chi connectivity index (χ2v) is 7.57. The van der Waals surface area contributed by atoms with Gasteiger partial charge in [-0.05, 0) is 41.8 Å². The van der Waals surface area contributed by atoms with Crippen LogP contribution in [0.1, 0.15) is 18.9 Å². The molecule has 0 fully saturated rings. The maximum Gasteiger partial charge on any atom is 0.255 e. The molecule has 2 aromatic carbocycles. The molecule has 0 N–H and O–H groups in total. The predicted molar refractivity (Wildman–Crippen MR) is 116 cm³/mol. The number of hydrogen-bond donors (Lipinski definition) is 0. The molecule has 0 amide bonds. The van der Waals surface area contributed by atoms with Crippen LogP contribution in [0.15, 0.2) is 77.9 Å². The first kappa shape index (κ1) is 17.6. The van der Waals surface area contributed by atoms with Crippen molar-refractivity contribution in [1.82, 2.24) is 14.5 Å². The van der Waals surface area contributed by atoms with Crippen LogP contribution < -0.4 is 10.5 Å². The van der Waals surface area contributed by atoms with E-state index in [1.807, 2.05) is 12.1 Å². The van der Waals surface area contributed by atoms with Crippen molar-refractivity contribution in [3.05, 3.63) is 89.0 Å². The molecule has 5 nitrogen and oxygen atoms in total. The Balaban J connectivity index is 1.62. The first-order valence-corrected chi connectivity index (χ1v) is 9.96. The number of anilines is 1. The summed E-state index contributed by atoms with van der Waals surface area (Å²) in [6.07, 6.45) is 4.38. The summed E-state index contributed by atoms with van der Waals surface area (Å²) in [6.45, 7) is 3.62. The van der Waals surface area contributed by atoms with Gasteiger partial charge in [-0.1, -0.05) is 42.5 Å². The molecule has 5 heteroatoms. The Hall–Kier alpha value is -3.47. The summed E-state index contributed by atoms with van der Waals surface area (Å²) in [5, 5.41) is 2.47. The van der Waals surface area contributed by atoms with Crippen molar-refractivity contribution in [1.29, 1.82) is 0 Å². The molecule has 144 valence electrons. The maximum atomic E-state index is 12.9. The van der Waals surface area contributed by atoms with E-state index in [0.717, 1.165) is 24.5 Å². The molecule has 1 atom stereocenters. The van der Waals surface area contributed by atoms with Gasteiger partial charge in [0, 0.05) is 43.2 Å². The fraction of sp³-hybridized carbons (Fsp3) is 0.208. The molecule has 0 bridgehead atoms. The van der Waals surface area contributed by atoms with E-state index in [1.54, 1.807) is 23.0 Å². The Bertz CT molecular complexity index is 1230. The number of hydrogen-bond acceptors (Lipinski definition) is 4. The molecule has 5 rings (SSSR count). The Morgan fingerprint density at radius 3 is 2.69 bits per heavy atom. The number of fused-ring (bicyclic) bond motifs is 2. The fourth-order valence-corrected chi connectivity index (χ4v) is 4.10. The third-order valence-electron chi connectivity index (χ3n) is 5.74. The number of benzene rings is 2. The molecule has 0 radical (unpaired) electrons. The van der Waals surface area contributed by atoms with Crippen LogP contribution >= 0.6 is 0 Å². The molecule has 2 aromatic heterocycles. The minimum atomic E-state index is -0.00312. The molecular weight excluding hydrogens is 360 g/mol. The van der Waals surface area contributed by atoms with E-state index in [0.29, 0.717) is 18.3 Å². The van der Waals surface area contributed by atoms with Gasteiger partial charge in [-0.15, -0.1) is 0 Å². The van der Waals surface area contributed by atoms with E-state index in [-0.39, 0.29) is 5.56 Å². The lowest BCUT2D eigenvalue weighted by atomic mass is 10.0. The fourth-order valence-electron chi connectivity index (χ4n) is 4.10. The van der Waals surface area contributed by atoms with Crippen LogP contribution in [0.5, 0.6) is 0 Å². The average Bonchev–Trinajstić information content (AvgIpc) is 2.76. The second kappa shape index (κ2) is 7.17. The molecular formula is C24H22N4O. The van der Waals surface area contributed by atoms with Crippen LogP contribution in [-0.2, 0) is 13.1 Å². The van der Waals surface area contributed by atoms with Crippen LogP contribution in [0, 0.1) is 0 Å². The SMILES string of the molecule is CC1CCn2c(nc(-c3ccncc3)cc2=O)N1Cc1cccc2ccccc12. The normalized spacial score (nSPS) is 16.0. The van der Waals surface area contributed by atoms with Crippen molar-refractivity contribution in [3.63, 3.8) is 0 Å². The molecule has 1 aliphatic heterocycles. The van der Waals surface area contributed by atoms with Gasteiger partial charge in [0.05, 0.1) is 5.69 Å². The molecule has 0 aliphatic carbocycles. The van der Waals surface area contributed by atoms with Crippen LogP contribution in [0.25, 0.3) is 22.0 Å². The van der Waals surface area contributed by atoms with Gasteiger partial charge in [0.2, 0.25) is 5.95 Å². The monoisotopic (exact) mass is 382 g/mol. The third kappa shape index (κ3) is 3.18. The van der Waals surface area contributed by atoms with E-state index in [2.05, 4.69) is 59.3 Å². The van der Waals surface area contributed by atoms with E-state index in [4.69, 9.17) is 4.98 Å². The molecule has 0 spiro atoms. The van der Waals surface area contributed by atoms with Crippen LogP contribution in [-0.4, -0.2) is 20.6 Å². The van der Waals surface area contributed by atoms with Crippen molar-refractivity contribution in [3.8, 4) is 11.3 Å². The van der Waals surface area contributed by atoms with Crippen molar-refractivity contribution in [2.45, 2.75) is 32.5 Å². The first-order chi connectivity index (χ1) is 14.2. The van der Waals surface area contributed by atoms with Gasteiger partial charge in [-0.2, -0.15) is 0 Å². The highest BCUT2D eigenvalue weighted by molar-refractivity contribution is 5.85. The zero-order valence-corrected chi connectivity index (χ0v) is 16.3. The van der Waals surface area contributed by atoms with Gasteiger partial charge in [0.15, 0.2) is 0 Å². The van der Waals surface area contributed by atoms with Crippen molar-refractivity contribution in [2.75, 3.05) is 4.90 Å². The lowest BCUT2D eigenvalue weighted by Crippen LogP contribution is -2.43. The summed E-state index contributed by atoms with van der Waals surface area (Å²) in [7, 11) is 0. The van der Waals surface area contributed by atoms with Gasteiger partial charge in [-0.25, -0.2) is 4.98 Å². The Kier molecular flexibility index (Phi) is 4.35. The number of nitrogens with zero attached hydrogens (tertiary/aromatic N) is 4. The smallest absolute Gasteiger partial charge is 0.255 e. The Labute approximate surface area is 169 Å². The largest absolute Gasteiger partial charge is 0.335 e. The summed E-state index contributed by atoms with van der Waals surface area (Å²) in [6, 6.07) is 20.5. The number of aromatic nitrogens is 3. The van der Waals surface area contributed by atoms with E-state index in [1.165, 1.54) is 16.3 Å². The third-order valence-corrected chi connectivity index (χ3v) is 5.74. The van der Waals surface area contributed by atoms with Crippen LogP contribution in [0.3, 0.4) is 0 Å². The van der Waals surface area contributed by atoms with Crippen molar-refractivity contribution in [2.24, 2.45) is 0 Å². The maximum absolute atomic E-state index is 12.9. The predicted octanol–water partition coefficient (Wildman–Crippen LogP) is 4.26. The zero-order valence-electron chi connectivity index (χ0n) is 16.3. The topological polar surface area (TPSA) is 51.0 Å². The van der Waals surface area contributed by atoms with E-state index >= 15 is 0 Å². The zero-order chi connectivity index (χ0) is 19.8. The minimum absolute atomic E-state index is 0.00312. The Morgan fingerprint density at radius 1 is 1.03 bits per heavy atom. The summed E-state index contributed by atoms with van der Waals surface area (Å²) in [4.78, 5) is 24.1. The summed E-state index contributed by atoms with van der Waals surface area (Å²) in [5.74, 6) is 0.746. The van der Waals surface area contributed by atoms with Gasteiger partial charge in [0.1, 0.15) is 0 Å². The minimum Gasteiger partial charge on any atom is -0.335 e. The van der Waals surface area contributed by atoms with Gasteiger partial charge < -0.3 is 4.90 Å². The number of rotatable bonds is 3. The highest BCUT2D eigenvalue weighted by Gasteiger charge is 2.26. The van der Waals surface area contributed by atoms with Gasteiger partial charge in [-0.3, -0.25) is 14.3 Å². The summed E-state index contributed by atoms with van der Waals surface area (Å²) < 4.78 is 1.80. The summed E-state index contributed by atoms with van der Waals surface area (Å²) in [5.41, 5.74) is 2.84. The lowest BCUT2D eigenvalue weighted by Gasteiger charge is -2.36.